The predicted molar refractivity (Wildman–Crippen MR) is 29.0 cm³/mol. The molecule has 1 aliphatic heterocycles. The second-order valence-corrected chi connectivity index (χ2v) is 2.06. The number of hydrogen-bond acceptors (Lipinski definition) is 4. The third kappa shape index (κ3) is 1.69. The van der Waals surface area contributed by atoms with Gasteiger partial charge in [-0.05, 0) is 0 Å². The van der Waals surface area contributed by atoms with Crippen molar-refractivity contribution in [2.45, 2.75) is 12.9 Å². The molecule has 1 rings (SSSR count). The molecule has 0 aromatic rings. The third-order valence-electron chi connectivity index (χ3n) is 1.01. The smallest absolute Gasteiger partial charge is 0.325 e. The summed E-state index contributed by atoms with van der Waals surface area (Å²) in [5.41, 5.74) is 0. The fraction of sp³-hybridized carbons (Fsp3) is 1.00. The van der Waals surface area contributed by atoms with Gasteiger partial charge in [-0.25, -0.2) is 9.09 Å². The summed E-state index contributed by atoms with van der Waals surface area (Å²) in [7, 11) is -0.420. The van der Waals surface area contributed by atoms with Gasteiger partial charge in [-0.1, -0.05) is 0 Å². The van der Waals surface area contributed by atoms with Crippen LogP contribution in [-0.2, 0) is 18.6 Å². The van der Waals surface area contributed by atoms with Gasteiger partial charge in [0.25, 0.3) is 5.97 Å². The molecule has 1 heterocycles. The van der Waals surface area contributed by atoms with Gasteiger partial charge >= 0.3 is 8.69 Å². The normalized spacial score (nSPS) is 25.0. The lowest BCUT2D eigenvalue weighted by molar-refractivity contribution is -0.268. The van der Waals surface area contributed by atoms with Crippen LogP contribution in [0.15, 0.2) is 0 Å². The zero-order chi connectivity index (χ0) is 6.74. The molecule has 0 bridgehead atoms. The second kappa shape index (κ2) is 2.71. The second-order valence-electron chi connectivity index (χ2n) is 1.73. The number of ether oxygens (including phenoxy) is 2. The molecule has 5 heteroatoms. The van der Waals surface area contributed by atoms with Crippen molar-refractivity contribution in [3.05, 3.63) is 0 Å². The van der Waals surface area contributed by atoms with Gasteiger partial charge in [-0.2, -0.15) is 0 Å². The van der Waals surface area contributed by atoms with Crippen molar-refractivity contribution in [2.75, 3.05) is 13.2 Å². The summed E-state index contributed by atoms with van der Waals surface area (Å²) < 4.78 is 24.3. The highest BCUT2D eigenvalue weighted by Gasteiger charge is 2.32. The van der Waals surface area contributed by atoms with E-state index >= 15 is 0 Å². The first-order chi connectivity index (χ1) is 4.27. The van der Waals surface area contributed by atoms with Crippen molar-refractivity contribution in [1.82, 2.24) is 0 Å². The first kappa shape index (κ1) is 7.09. The van der Waals surface area contributed by atoms with Crippen LogP contribution in [0.2, 0.25) is 0 Å². The van der Waals surface area contributed by atoms with Crippen molar-refractivity contribution in [3.8, 4) is 0 Å². The molecule has 0 unspecified atom stereocenters. The fourth-order valence-corrected chi connectivity index (χ4v) is 0.857. The van der Waals surface area contributed by atoms with Crippen LogP contribution >= 0.6 is 8.69 Å². The molecular weight excluding hydrogens is 143 g/mol. The van der Waals surface area contributed by atoms with E-state index in [4.69, 9.17) is 9.47 Å². The molecule has 0 radical (unpaired) electrons. The lowest BCUT2D eigenvalue weighted by Gasteiger charge is -2.16. The summed E-state index contributed by atoms with van der Waals surface area (Å²) in [6.45, 7) is 2.56. The van der Waals surface area contributed by atoms with E-state index in [-0.39, 0.29) is 0 Å². The largest absolute Gasteiger partial charge is 0.332 e. The van der Waals surface area contributed by atoms with Gasteiger partial charge in [0.15, 0.2) is 0 Å². The lowest BCUT2D eigenvalue weighted by atomic mass is 10.7. The molecule has 0 aromatic heterocycles. The topological polar surface area (TPSA) is 44.8 Å². The van der Waals surface area contributed by atoms with Crippen LogP contribution < -0.4 is 0 Å². The Labute approximate surface area is 54.4 Å². The minimum absolute atomic E-state index is 0.420. The molecule has 0 N–H and O–H groups in total. The molecular formula is C4H7O4P. The summed E-state index contributed by atoms with van der Waals surface area (Å²) >= 11 is 0. The maximum atomic E-state index is 9.88. The molecule has 1 fully saturated rings. The van der Waals surface area contributed by atoms with Crippen molar-refractivity contribution < 1.29 is 18.6 Å². The summed E-state index contributed by atoms with van der Waals surface area (Å²) in [4.78, 5) is 0. The molecule has 0 aromatic carbocycles. The van der Waals surface area contributed by atoms with E-state index in [1.54, 1.807) is 6.92 Å². The summed E-state index contributed by atoms with van der Waals surface area (Å²) in [6, 6.07) is 0. The van der Waals surface area contributed by atoms with Crippen molar-refractivity contribution in [2.24, 2.45) is 0 Å². The van der Waals surface area contributed by atoms with Crippen LogP contribution in [0, 0.1) is 0 Å². The Kier molecular flexibility index (Phi) is 2.13. The summed E-state index contributed by atoms with van der Waals surface area (Å²) in [5.74, 6) is -1.08. The molecule has 1 saturated heterocycles. The van der Waals surface area contributed by atoms with Crippen LogP contribution in [0.25, 0.3) is 0 Å². The molecule has 0 atom stereocenters. The Morgan fingerprint density at radius 3 is 2.56 bits per heavy atom. The van der Waals surface area contributed by atoms with Gasteiger partial charge in [0.05, 0.1) is 13.2 Å². The van der Waals surface area contributed by atoms with Gasteiger partial charge in [0, 0.05) is 6.92 Å². The maximum absolute atomic E-state index is 9.88. The lowest BCUT2D eigenvalue weighted by Crippen LogP contribution is -2.25. The zero-order valence-electron chi connectivity index (χ0n) is 4.99. The number of hydrogen-bond donors (Lipinski definition) is 0. The highest BCUT2D eigenvalue weighted by molar-refractivity contribution is 7.17. The Hall–Kier alpha value is -0.0200. The Balaban J connectivity index is 2.40. The average molecular weight is 150 g/mol. The monoisotopic (exact) mass is 150 g/mol. The van der Waals surface area contributed by atoms with Gasteiger partial charge < -0.3 is 9.47 Å². The Bertz CT molecular complexity index is 109. The molecule has 52 valence electrons. The average Bonchev–Trinajstić information content (AvgIpc) is 2.16. The molecule has 1 aliphatic rings. The van der Waals surface area contributed by atoms with E-state index in [9.17, 15) is 4.57 Å². The van der Waals surface area contributed by atoms with E-state index < -0.39 is 14.7 Å². The molecule has 4 nitrogen and oxygen atoms in total. The van der Waals surface area contributed by atoms with E-state index in [1.165, 1.54) is 0 Å². The first-order valence-electron chi connectivity index (χ1n) is 2.55. The minimum Gasteiger partial charge on any atom is -0.325 e. The van der Waals surface area contributed by atoms with Gasteiger partial charge in [-0.15, -0.1) is 0 Å². The summed E-state index contributed by atoms with van der Waals surface area (Å²) in [6.07, 6.45) is 0. The standard InChI is InChI=1S/C4H7O4P/c1-4(8-9-5)6-2-3-7-4/h2-3H2,1H3. The highest BCUT2D eigenvalue weighted by Crippen LogP contribution is 2.23. The van der Waals surface area contributed by atoms with Crippen LogP contribution in [0.1, 0.15) is 6.92 Å². The highest BCUT2D eigenvalue weighted by atomic mass is 31.1. The van der Waals surface area contributed by atoms with Crippen LogP contribution in [0.5, 0.6) is 0 Å². The van der Waals surface area contributed by atoms with E-state index in [2.05, 4.69) is 4.52 Å². The molecule has 0 saturated carbocycles. The van der Waals surface area contributed by atoms with Gasteiger partial charge in [0.2, 0.25) is 0 Å². The third-order valence-corrected chi connectivity index (χ3v) is 1.42. The van der Waals surface area contributed by atoms with Crippen LogP contribution in [0.4, 0.5) is 0 Å². The van der Waals surface area contributed by atoms with E-state index in [1.807, 2.05) is 0 Å². The van der Waals surface area contributed by atoms with Crippen molar-refractivity contribution in [3.63, 3.8) is 0 Å². The van der Waals surface area contributed by atoms with Crippen molar-refractivity contribution >= 4 is 8.69 Å². The van der Waals surface area contributed by atoms with Crippen LogP contribution in [0.3, 0.4) is 0 Å². The number of rotatable bonds is 2. The van der Waals surface area contributed by atoms with Crippen molar-refractivity contribution in [1.29, 1.82) is 0 Å². The molecule has 0 aliphatic carbocycles. The van der Waals surface area contributed by atoms with E-state index in [0.717, 1.165) is 0 Å². The Morgan fingerprint density at radius 1 is 1.56 bits per heavy atom. The SMILES string of the molecule is CC1(OP=O)OCCO1. The molecule has 9 heavy (non-hydrogen) atoms. The molecule has 0 spiro atoms. The zero-order valence-corrected chi connectivity index (χ0v) is 5.89. The fourth-order valence-electron chi connectivity index (χ4n) is 0.616. The quantitative estimate of drug-likeness (QED) is 0.549. The van der Waals surface area contributed by atoms with Gasteiger partial charge in [-0.3, -0.25) is 0 Å². The summed E-state index contributed by atoms with van der Waals surface area (Å²) in [5, 5.41) is 0. The maximum Gasteiger partial charge on any atom is 0.332 e. The van der Waals surface area contributed by atoms with Gasteiger partial charge in [0.1, 0.15) is 0 Å². The van der Waals surface area contributed by atoms with E-state index in [0.29, 0.717) is 13.2 Å². The molecule has 0 amide bonds. The first-order valence-corrected chi connectivity index (χ1v) is 3.29. The Morgan fingerprint density at radius 2 is 2.11 bits per heavy atom. The predicted octanol–water partition coefficient (Wildman–Crippen LogP) is 0.930. The van der Waals surface area contributed by atoms with Crippen LogP contribution in [-0.4, -0.2) is 19.2 Å². The minimum atomic E-state index is -1.08.